The molecule has 0 saturated heterocycles. The lowest BCUT2D eigenvalue weighted by Crippen LogP contribution is -2.34. The monoisotopic (exact) mass is 385 g/mol. The fraction of sp³-hybridized carbons (Fsp3) is 0.381. The highest BCUT2D eigenvalue weighted by atomic mass is 32.1. The Balaban J connectivity index is 1.41. The smallest absolute Gasteiger partial charge is 0.306 e. The van der Waals surface area contributed by atoms with E-state index in [9.17, 15) is 14.4 Å². The van der Waals surface area contributed by atoms with Gasteiger partial charge in [-0.3, -0.25) is 14.4 Å². The van der Waals surface area contributed by atoms with Crippen LogP contribution in [0.15, 0.2) is 36.4 Å². The van der Waals surface area contributed by atoms with Gasteiger partial charge in [0.05, 0.1) is 17.3 Å². The van der Waals surface area contributed by atoms with Crippen LogP contribution in [0.3, 0.4) is 0 Å². The SMILES string of the molecule is Cc1ccc(C(=O)CCC(=O)OCC(=O)N[C@@H]2CCCc3ccccc32)s1. The Bertz CT molecular complexity index is 842. The van der Waals surface area contributed by atoms with E-state index in [0.717, 1.165) is 29.7 Å². The van der Waals surface area contributed by atoms with Crippen LogP contribution in [-0.2, 0) is 20.7 Å². The van der Waals surface area contributed by atoms with Crippen LogP contribution in [0.4, 0.5) is 0 Å². The van der Waals surface area contributed by atoms with Gasteiger partial charge in [0.2, 0.25) is 0 Å². The largest absolute Gasteiger partial charge is 0.456 e. The van der Waals surface area contributed by atoms with Gasteiger partial charge in [0.25, 0.3) is 5.91 Å². The molecule has 3 rings (SSSR count). The van der Waals surface area contributed by atoms with Crippen LogP contribution < -0.4 is 5.32 Å². The lowest BCUT2D eigenvalue weighted by atomic mass is 9.88. The molecule has 1 aromatic carbocycles. The number of ketones is 1. The maximum Gasteiger partial charge on any atom is 0.306 e. The van der Waals surface area contributed by atoms with Gasteiger partial charge < -0.3 is 10.1 Å². The first-order valence-electron chi connectivity index (χ1n) is 9.15. The summed E-state index contributed by atoms with van der Waals surface area (Å²) in [4.78, 5) is 37.7. The van der Waals surface area contributed by atoms with Crippen molar-refractivity contribution in [2.45, 2.75) is 45.1 Å². The molecule has 0 spiro atoms. The summed E-state index contributed by atoms with van der Waals surface area (Å²) < 4.78 is 5.03. The van der Waals surface area contributed by atoms with E-state index in [-0.39, 0.29) is 37.2 Å². The van der Waals surface area contributed by atoms with Crippen molar-refractivity contribution in [2.75, 3.05) is 6.61 Å². The highest BCUT2D eigenvalue weighted by Crippen LogP contribution is 2.29. The highest BCUT2D eigenvalue weighted by molar-refractivity contribution is 7.14. The normalized spacial score (nSPS) is 15.7. The molecule has 1 N–H and O–H groups in total. The molecular formula is C21H23NO4S. The summed E-state index contributed by atoms with van der Waals surface area (Å²) in [5.41, 5.74) is 2.40. The number of benzene rings is 1. The van der Waals surface area contributed by atoms with E-state index in [4.69, 9.17) is 4.74 Å². The third-order valence-corrected chi connectivity index (χ3v) is 5.68. The van der Waals surface area contributed by atoms with Gasteiger partial charge in [-0.2, -0.15) is 0 Å². The summed E-state index contributed by atoms with van der Waals surface area (Å²) in [6, 6.07) is 11.7. The van der Waals surface area contributed by atoms with E-state index in [0.29, 0.717) is 4.88 Å². The van der Waals surface area contributed by atoms with Gasteiger partial charge in [-0.15, -0.1) is 11.3 Å². The molecule has 0 aliphatic heterocycles. The predicted octanol–water partition coefficient (Wildman–Crippen LogP) is 3.76. The molecule has 0 radical (unpaired) electrons. The van der Waals surface area contributed by atoms with Crippen molar-refractivity contribution in [3.8, 4) is 0 Å². The van der Waals surface area contributed by atoms with Crippen LogP contribution in [0, 0.1) is 6.92 Å². The molecule has 142 valence electrons. The van der Waals surface area contributed by atoms with Crippen molar-refractivity contribution < 1.29 is 19.1 Å². The molecule has 2 aromatic rings. The molecule has 0 fully saturated rings. The summed E-state index contributed by atoms with van der Waals surface area (Å²) in [5.74, 6) is -0.922. The molecule has 1 aliphatic carbocycles. The highest BCUT2D eigenvalue weighted by Gasteiger charge is 2.22. The summed E-state index contributed by atoms with van der Waals surface area (Å²) >= 11 is 1.41. The summed E-state index contributed by atoms with van der Waals surface area (Å²) in [5, 5.41) is 2.94. The number of hydrogen-bond acceptors (Lipinski definition) is 5. The third-order valence-electron chi connectivity index (χ3n) is 4.64. The van der Waals surface area contributed by atoms with Gasteiger partial charge in [0.15, 0.2) is 12.4 Å². The zero-order chi connectivity index (χ0) is 19.2. The van der Waals surface area contributed by atoms with Crippen molar-refractivity contribution in [2.24, 2.45) is 0 Å². The van der Waals surface area contributed by atoms with Gasteiger partial charge >= 0.3 is 5.97 Å². The number of hydrogen-bond donors (Lipinski definition) is 1. The minimum atomic E-state index is -0.532. The first-order valence-corrected chi connectivity index (χ1v) is 9.97. The van der Waals surface area contributed by atoms with Gasteiger partial charge in [-0.25, -0.2) is 0 Å². The molecule has 0 bridgehead atoms. The molecule has 1 aromatic heterocycles. The van der Waals surface area contributed by atoms with Crippen molar-refractivity contribution in [1.29, 1.82) is 0 Å². The second kappa shape index (κ2) is 8.95. The first kappa shape index (κ1) is 19.3. The molecule has 5 nitrogen and oxygen atoms in total. The predicted molar refractivity (Wildman–Crippen MR) is 104 cm³/mol. The standard InChI is InChI=1S/C21H23NO4S/c1-14-9-11-19(27-14)18(23)10-12-21(25)26-13-20(24)22-17-8-4-6-15-5-2-3-7-16(15)17/h2-3,5,7,9,11,17H,4,6,8,10,12-13H2,1H3,(H,22,24)/t17-/m1/s1. The Morgan fingerprint density at radius 2 is 1.96 bits per heavy atom. The van der Waals surface area contributed by atoms with Gasteiger partial charge in [-0.1, -0.05) is 24.3 Å². The number of rotatable bonds is 7. The zero-order valence-corrected chi connectivity index (χ0v) is 16.1. The summed E-state index contributed by atoms with van der Waals surface area (Å²) in [6.07, 6.45) is 3.00. The third kappa shape index (κ3) is 5.26. The van der Waals surface area contributed by atoms with Gasteiger partial charge in [0.1, 0.15) is 0 Å². The molecular weight excluding hydrogens is 362 g/mol. The number of esters is 1. The Kier molecular flexibility index (Phi) is 6.40. The topological polar surface area (TPSA) is 72.5 Å². The van der Waals surface area contributed by atoms with E-state index in [1.807, 2.05) is 31.2 Å². The van der Waals surface area contributed by atoms with Crippen molar-refractivity contribution in [3.63, 3.8) is 0 Å². The lowest BCUT2D eigenvalue weighted by Gasteiger charge is -2.26. The minimum absolute atomic E-state index is 0.0185. The van der Waals surface area contributed by atoms with Crippen LogP contribution in [0.1, 0.15) is 57.4 Å². The maximum absolute atomic E-state index is 12.1. The van der Waals surface area contributed by atoms with Crippen LogP contribution in [0.2, 0.25) is 0 Å². The van der Waals surface area contributed by atoms with E-state index in [1.165, 1.54) is 16.9 Å². The molecule has 1 aliphatic rings. The number of ether oxygens (including phenoxy) is 1. The molecule has 1 heterocycles. The van der Waals surface area contributed by atoms with E-state index in [2.05, 4.69) is 11.4 Å². The Morgan fingerprint density at radius 1 is 1.15 bits per heavy atom. The minimum Gasteiger partial charge on any atom is -0.456 e. The molecule has 0 unspecified atom stereocenters. The summed E-state index contributed by atoms with van der Waals surface area (Å²) in [7, 11) is 0. The first-order chi connectivity index (χ1) is 13.0. The molecule has 1 atom stereocenters. The summed E-state index contributed by atoms with van der Waals surface area (Å²) in [6.45, 7) is 1.61. The Morgan fingerprint density at radius 3 is 2.74 bits per heavy atom. The van der Waals surface area contributed by atoms with Crippen LogP contribution in [0.5, 0.6) is 0 Å². The van der Waals surface area contributed by atoms with Crippen LogP contribution >= 0.6 is 11.3 Å². The average Bonchev–Trinajstić information content (AvgIpc) is 3.11. The fourth-order valence-electron chi connectivity index (χ4n) is 3.28. The molecule has 0 saturated carbocycles. The van der Waals surface area contributed by atoms with Crippen LogP contribution in [0.25, 0.3) is 0 Å². The average molecular weight is 385 g/mol. The number of fused-ring (bicyclic) bond motifs is 1. The van der Waals surface area contributed by atoms with Crippen molar-refractivity contribution >= 4 is 29.0 Å². The molecule has 1 amide bonds. The fourth-order valence-corrected chi connectivity index (χ4v) is 4.12. The number of nitrogens with one attached hydrogen (secondary N) is 1. The van der Waals surface area contributed by atoms with Crippen molar-refractivity contribution in [1.82, 2.24) is 5.32 Å². The quantitative estimate of drug-likeness (QED) is 0.582. The number of amides is 1. The number of aryl methyl sites for hydroxylation is 2. The number of carbonyl (C=O) groups excluding carboxylic acids is 3. The maximum atomic E-state index is 12.1. The zero-order valence-electron chi connectivity index (χ0n) is 15.3. The lowest BCUT2D eigenvalue weighted by molar-refractivity contribution is -0.148. The number of carbonyl (C=O) groups is 3. The van der Waals surface area contributed by atoms with Crippen molar-refractivity contribution in [3.05, 3.63) is 57.3 Å². The van der Waals surface area contributed by atoms with Gasteiger partial charge in [0, 0.05) is 11.3 Å². The number of Topliss-reactive ketones (excluding diaryl/α,β-unsaturated/α-hetero) is 1. The molecule has 27 heavy (non-hydrogen) atoms. The van der Waals surface area contributed by atoms with Gasteiger partial charge in [-0.05, 0) is 49.4 Å². The number of thiophene rings is 1. The Labute approximate surface area is 162 Å². The molecule has 6 heteroatoms. The van der Waals surface area contributed by atoms with E-state index < -0.39 is 5.97 Å². The Hall–Kier alpha value is -2.47. The van der Waals surface area contributed by atoms with E-state index in [1.54, 1.807) is 6.07 Å². The van der Waals surface area contributed by atoms with E-state index >= 15 is 0 Å². The second-order valence-electron chi connectivity index (χ2n) is 6.71. The second-order valence-corrected chi connectivity index (χ2v) is 7.99. The van der Waals surface area contributed by atoms with Crippen LogP contribution in [-0.4, -0.2) is 24.3 Å².